The van der Waals surface area contributed by atoms with Crippen molar-refractivity contribution in [1.29, 1.82) is 0 Å². The van der Waals surface area contributed by atoms with Gasteiger partial charge in [-0.15, -0.1) is 0 Å². The van der Waals surface area contributed by atoms with E-state index in [0.29, 0.717) is 16.4 Å². The first-order chi connectivity index (χ1) is 7.18. The largest absolute Gasteiger partial charge is 0.366 e. The maximum atomic E-state index is 10.8. The van der Waals surface area contributed by atoms with Crippen LogP contribution in [0, 0.1) is 0 Å². The van der Waals surface area contributed by atoms with Gasteiger partial charge >= 0.3 is 0 Å². The van der Waals surface area contributed by atoms with Crippen LogP contribution in [0.15, 0.2) is 30.6 Å². The van der Waals surface area contributed by atoms with Gasteiger partial charge < -0.3 is 10.7 Å². The number of H-pyrrole nitrogens is 1. The summed E-state index contributed by atoms with van der Waals surface area (Å²) in [4.78, 5) is 17.7. The Morgan fingerprint density at radius 2 is 2.00 bits per heavy atom. The predicted octanol–water partition coefficient (Wildman–Crippen LogP) is 1.83. The van der Waals surface area contributed by atoms with E-state index in [0.717, 1.165) is 5.56 Å². The van der Waals surface area contributed by atoms with Crippen molar-refractivity contribution in [2.75, 3.05) is 0 Å². The third-order valence-corrected chi connectivity index (χ3v) is 2.32. The van der Waals surface area contributed by atoms with Crippen LogP contribution in [0.1, 0.15) is 10.4 Å². The van der Waals surface area contributed by atoms with Gasteiger partial charge in [-0.05, 0) is 12.1 Å². The summed E-state index contributed by atoms with van der Waals surface area (Å²) in [7, 11) is 0. The molecule has 0 aliphatic rings. The van der Waals surface area contributed by atoms with Gasteiger partial charge in [-0.2, -0.15) is 0 Å². The maximum absolute atomic E-state index is 10.8. The highest BCUT2D eigenvalue weighted by molar-refractivity contribution is 6.31. The summed E-state index contributed by atoms with van der Waals surface area (Å²) in [5.41, 5.74) is 7.09. The highest BCUT2D eigenvalue weighted by Crippen LogP contribution is 2.23. The molecule has 0 unspecified atom stereocenters. The van der Waals surface area contributed by atoms with E-state index < -0.39 is 5.91 Å². The lowest BCUT2D eigenvalue weighted by atomic mass is 10.1. The Morgan fingerprint density at radius 1 is 1.33 bits per heavy atom. The van der Waals surface area contributed by atoms with Gasteiger partial charge in [0, 0.05) is 11.1 Å². The predicted molar refractivity (Wildman–Crippen MR) is 57.6 cm³/mol. The molecule has 0 bridgehead atoms. The Hall–Kier alpha value is -1.81. The van der Waals surface area contributed by atoms with Crippen molar-refractivity contribution in [2.45, 2.75) is 0 Å². The zero-order chi connectivity index (χ0) is 10.8. The van der Waals surface area contributed by atoms with E-state index in [1.165, 1.54) is 6.33 Å². The molecule has 2 rings (SSSR count). The van der Waals surface area contributed by atoms with Crippen LogP contribution in [0.4, 0.5) is 0 Å². The fourth-order valence-electron chi connectivity index (χ4n) is 1.27. The van der Waals surface area contributed by atoms with Gasteiger partial charge in [0.05, 0.1) is 6.33 Å². The van der Waals surface area contributed by atoms with Gasteiger partial charge in [-0.1, -0.05) is 23.7 Å². The molecule has 0 spiro atoms. The summed E-state index contributed by atoms with van der Waals surface area (Å²) < 4.78 is 0. The first kappa shape index (κ1) is 9.73. The zero-order valence-electron chi connectivity index (χ0n) is 7.70. The van der Waals surface area contributed by atoms with Crippen LogP contribution < -0.4 is 5.73 Å². The topological polar surface area (TPSA) is 71.8 Å². The lowest BCUT2D eigenvalue weighted by Gasteiger charge is -1.99. The SMILES string of the molecule is NC(=O)c1ccc(-c2nc[nH]c2Cl)cc1. The normalized spacial score (nSPS) is 10.2. The molecule has 0 saturated heterocycles. The van der Waals surface area contributed by atoms with Crippen molar-refractivity contribution >= 4 is 17.5 Å². The molecular weight excluding hydrogens is 214 g/mol. The van der Waals surface area contributed by atoms with Crippen molar-refractivity contribution < 1.29 is 4.79 Å². The average molecular weight is 222 g/mol. The molecule has 0 aliphatic heterocycles. The number of carbonyl (C=O) groups excluding carboxylic acids is 1. The molecule has 0 fully saturated rings. The molecule has 15 heavy (non-hydrogen) atoms. The lowest BCUT2D eigenvalue weighted by Crippen LogP contribution is -2.10. The highest BCUT2D eigenvalue weighted by Gasteiger charge is 2.06. The number of nitrogens with one attached hydrogen (secondary N) is 1. The van der Waals surface area contributed by atoms with Crippen LogP contribution in [0.25, 0.3) is 11.3 Å². The Bertz CT molecular complexity index is 490. The van der Waals surface area contributed by atoms with Crippen LogP contribution in [0.3, 0.4) is 0 Å². The third-order valence-electron chi connectivity index (χ3n) is 2.04. The number of nitrogens with zero attached hydrogens (tertiary/aromatic N) is 1. The smallest absolute Gasteiger partial charge is 0.248 e. The van der Waals surface area contributed by atoms with Gasteiger partial charge in [0.2, 0.25) is 5.91 Å². The Balaban J connectivity index is 2.40. The molecule has 3 N–H and O–H groups in total. The molecule has 76 valence electrons. The Morgan fingerprint density at radius 3 is 2.47 bits per heavy atom. The molecule has 1 heterocycles. The van der Waals surface area contributed by atoms with E-state index in [1.807, 2.05) is 0 Å². The summed E-state index contributed by atoms with van der Waals surface area (Å²) in [5, 5.41) is 0.474. The number of hydrogen-bond acceptors (Lipinski definition) is 2. The van der Waals surface area contributed by atoms with Crippen LogP contribution >= 0.6 is 11.6 Å². The summed E-state index contributed by atoms with van der Waals surface area (Å²) in [5.74, 6) is -0.449. The van der Waals surface area contributed by atoms with Gasteiger partial charge in [-0.3, -0.25) is 4.79 Å². The van der Waals surface area contributed by atoms with Crippen molar-refractivity contribution in [1.82, 2.24) is 9.97 Å². The second-order valence-electron chi connectivity index (χ2n) is 3.01. The van der Waals surface area contributed by atoms with Gasteiger partial charge in [0.1, 0.15) is 10.8 Å². The summed E-state index contributed by atoms with van der Waals surface area (Å²) in [6, 6.07) is 6.79. The van der Waals surface area contributed by atoms with Crippen LogP contribution in [-0.2, 0) is 0 Å². The van der Waals surface area contributed by atoms with E-state index in [4.69, 9.17) is 17.3 Å². The standard InChI is InChI=1S/C10H8ClN3O/c11-9-8(13-5-14-9)6-1-3-7(4-2-6)10(12)15/h1-5H,(H2,12,15)(H,13,14). The number of aromatic nitrogens is 2. The van der Waals surface area contributed by atoms with E-state index in [1.54, 1.807) is 24.3 Å². The van der Waals surface area contributed by atoms with Crippen molar-refractivity contribution in [3.8, 4) is 11.3 Å². The van der Waals surface area contributed by atoms with Crippen molar-refractivity contribution in [3.05, 3.63) is 41.3 Å². The second-order valence-corrected chi connectivity index (χ2v) is 3.38. The van der Waals surface area contributed by atoms with Crippen LogP contribution in [-0.4, -0.2) is 15.9 Å². The number of aromatic amines is 1. The lowest BCUT2D eigenvalue weighted by molar-refractivity contribution is 0.100. The van der Waals surface area contributed by atoms with E-state index >= 15 is 0 Å². The number of hydrogen-bond donors (Lipinski definition) is 2. The van der Waals surface area contributed by atoms with Crippen molar-refractivity contribution in [3.63, 3.8) is 0 Å². The molecule has 4 nitrogen and oxygen atoms in total. The minimum Gasteiger partial charge on any atom is -0.366 e. The molecule has 5 heteroatoms. The number of imidazole rings is 1. The molecule has 2 aromatic rings. The molecule has 1 amide bonds. The monoisotopic (exact) mass is 221 g/mol. The first-order valence-corrected chi connectivity index (χ1v) is 4.65. The zero-order valence-corrected chi connectivity index (χ0v) is 8.45. The number of carbonyl (C=O) groups is 1. The second kappa shape index (κ2) is 3.74. The third kappa shape index (κ3) is 1.85. The number of rotatable bonds is 2. The minimum absolute atomic E-state index is 0.449. The van der Waals surface area contributed by atoms with Gasteiger partial charge in [-0.25, -0.2) is 4.98 Å². The molecule has 0 aliphatic carbocycles. The molecule has 1 aromatic carbocycles. The summed E-state index contributed by atoms with van der Waals surface area (Å²) >= 11 is 5.87. The fraction of sp³-hybridized carbons (Fsp3) is 0. The highest BCUT2D eigenvalue weighted by atomic mass is 35.5. The summed E-state index contributed by atoms with van der Waals surface area (Å²) in [6.45, 7) is 0. The van der Waals surface area contributed by atoms with E-state index in [2.05, 4.69) is 9.97 Å². The minimum atomic E-state index is -0.449. The Labute approximate surface area is 91.1 Å². The molecule has 0 atom stereocenters. The number of nitrogens with two attached hydrogens (primary N) is 1. The van der Waals surface area contributed by atoms with Gasteiger partial charge in [0.25, 0.3) is 0 Å². The Kier molecular flexibility index (Phi) is 2.43. The number of halogens is 1. The van der Waals surface area contributed by atoms with E-state index in [-0.39, 0.29) is 0 Å². The first-order valence-electron chi connectivity index (χ1n) is 4.27. The van der Waals surface area contributed by atoms with Crippen LogP contribution in [0.5, 0.6) is 0 Å². The number of amides is 1. The maximum Gasteiger partial charge on any atom is 0.248 e. The summed E-state index contributed by atoms with van der Waals surface area (Å²) in [6.07, 6.45) is 1.51. The quantitative estimate of drug-likeness (QED) is 0.812. The number of primary amides is 1. The van der Waals surface area contributed by atoms with Gasteiger partial charge in [0.15, 0.2) is 0 Å². The molecular formula is C10H8ClN3O. The fourth-order valence-corrected chi connectivity index (χ4v) is 1.48. The van der Waals surface area contributed by atoms with E-state index in [9.17, 15) is 4.79 Å². The average Bonchev–Trinajstić information content (AvgIpc) is 2.65. The molecule has 0 radical (unpaired) electrons. The molecule has 0 saturated carbocycles. The van der Waals surface area contributed by atoms with Crippen molar-refractivity contribution in [2.24, 2.45) is 5.73 Å². The van der Waals surface area contributed by atoms with Crippen LogP contribution in [0.2, 0.25) is 5.15 Å². The number of benzene rings is 1. The molecule has 1 aromatic heterocycles.